The summed E-state index contributed by atoms with van der Waals surface area (Å²) in [6.45, 7) is 4.43. The lowest BCUT2D eigenvalue weighted by Crippen LogP contribution is -2.31. The maximum absolute atomic E-state index is 11.8. The highest BCUT2D eigenvalue weighted by Gasteiger charge is 2.27. The summed E-state index contributed by atoms with van der Waals surface area (Å²) in [5.74, 6) is 0.651. The first kappa shape index (κ1) is 12.7. The van der Waals surface area contributed by atoms with Gasteiger partial charge in [-0.1, -0.05) is 0 Å². The van der Waals surface area contributed by atoms with Crippen LogP contribution in [0.3, 0.4) is 0 Å². The summed E-state index contributed by atoms with van der Waals surface area (Å²) >= 11 is 0. The van der Waals surface area contributed by atoms with Gasteiger partial charge in [-0.3, -0.25) is 0 Å². The van der Waals surface area contributed by atoms with E-state index in [-0.39, 0.29) is 0 Å². The number of carbonyl (C=O) groups excluding carboxylic acids is 1. The molecule has 1 saturated heterocycles. The SMILES string of the molecule is CCn1nc(N2CCCCC2)c(C(=O)OC)c1N. The van der Waals surface area contributed by atoms with Crippen LogP contribution in [0.15, 0.2) is 0 Å². The molecule has 0 atom stereocenters. The van der Waals surface area contributed by atoms with Gasteiger partial charge >= 0.3 is 5.97 Å². The Morgan fingerprint density at radius 2 is 2.06 bits per heavy atom. The predicted molar refractivity (Wildman–Crippen MR) is 69.7 cm³/mol. The molecule has 1 aliphatic heterocycles. The van der Waals surface area contributed by atoms with E-state index in [0.717, 1.165) is 25.9 Å². The van der Waals surface area contributed by atoms with Gasteiger partial charge in [0.25, 0.3) is 0 Å². The second-order valence-electron chi connectivity index (χ2n) is 4.44. The van der Waals surface area contributed by atoms with Gasteiger partial charge in [0.2, 0.25) is 0 Å². The number of anilines is 2. The average molecular weight is 252 g/mol. The quantitative estimate of drug-likeness (QED) is 0.820. The Labute approximate surface area is 107 Å². The molecule has 6 nitrogen and oxygen atoms in total. The van der Waals surface area contributed by atoms with Crippen molar-refractivity contribution in [3.05, 3.63) is 5.56 Å². The van der Waals surface area contributed by atoms with Crippen molar-refractivity contribution in [1.82, 2.24) is 9.78 Å². The molecule has 2 rings (SSSR count). The number of aromatic nitrogens is 2. The number of rotatable bonds is 3. The van der Waals surface area contributed by atoms with Crippen LogP contribution < -0.4 is 10.6 Å². The van der Waals surface area contributed by atoms with E-state index in [0.29, 0.717) is 23.7 Å². The van der Waals surface area contributed by atoms with E-state index in [4.69, 9.17) is 10.5 Å². The molecule has 1 fully saturated rings. The minimum atomic E-state index is -0.409. The van der Waals surface area contributed by atoms with Crippen LogP contribution in [0, 0.1) is 0 Å². The molecule has 0 aliphatic carbocycles. The smallest absolute Gasteiger partial charge is 0.345 e. The first-order valence-corrected chi connectivity index (χ1v) is 6.38. The van der Waals surface area contributed by atoms with Gasteiger partial charge in [0, 0.05) is 19.6 Å². The van der Waals surface area contributed by atoms with Crippen LogP contribution in [0.4, 0.5) is 11.6 Å². The van der Waals surface area contributed by atoms with Crippen LogP contribution in [-0.2, 0) is 11.3 Å². The maximum atomic E-state index is 11.8. The van der Waals surface area contributed by atoms with Crippen LogP contribution in [0.2, 0.25) is 0 Å². The third kappa shape index (κ3) is 2.14. The van der Waals surface area contributed by atoms with Crippen molar-refractivity contribution in [2.45, 2.75) is 32.7 Å². The summed E-state index contributed by atoms with van der Waals surface area (Å²) in [6.07, 6.45) is 3.48. The van der Waals surface area contributed by atoms with E-state index < -0.39 is 5.97 Å². The van der Waals surface area contributed by atoms with Crippen molar-refractivity contribution >= 4 is 17.6 Å². The van der Waals surface area contributed by atoms with E-state index in [9.17, 15) is 4.79 Å². The third-order valence-corrected chi connectivity index (χ3v) is 3.32. The summed E-state index contributed by atoms with van der Waals surface area (Å²) in [5, 5.41) is 4.44. The Bertz CT molecular complexity index is 436. The van der Waals surface area contributed by atoms with Crippen molar-refractivity contribution < 1.29 is 9.53 Å². The van der Waals surface area contributed by atoms with Crippen LogP contribution in [0.1, 0.15) is 36.5 Å². The first-order valence-electron chi connectivity index (χ1n) is 6.38. The fourth-order valence-corrected chi connectivity index (χ4v) is 2.33. The highest BCUT2D eigenvalue weighted by Crippen LogP contribution is 2.28. The maximum Gasteiger partial charge on any atom is 0.345 e. The lowest BCUT2D eigenvalue weighted by Gasteiger charge is -2.27. The molecule has 0 aromatic carbocycles. The number of hydrogen-bond acceptors (Lipinski definition) is 5. The second kappa shape index (κ2) is 5.29. The number of nitrogens with zero attached hydrogens (tertiary/aromatic N) is 3. The molecule has 0 spiro atoms. The average Bonchev–Trinajstić information content (AvgIpc) is 2.76. The summed E-state index contributed by atoms with van der Waals surface area (Å²) in [6, 6.07) is 0. The van der Waals surface area contributed by atoms with Gasteiger partial charge < -0.3 is 15.4 Å². The Balaban J connectivity index is 2.40. The van der Waals surface area contributed by atoms with Gasteiger partial charge in [0.1, 0.15) is 11.4 Å². The fourth-order valence-electron chi connectivity index (χ4n) is 2.33. The van der Waals surface area contributed by atoms with Gasteiger partial charge in [0.15, 0.2) is 5.82 Å². The summed E-state index contributed by atoms with van der Waals surface area (Å²) < 4.78 is 6.46. The lowest BCUT2D eigenvalue weighted by atomic mass is 10.1. The monoisotopic (exact) mass is 252 g/mol. The second-order valence-corrected chi connectivity index (χ2v) is 4.44. The minimum Gasteiger partial charge on any atom is -0.465 e. The van der Waals surface area contributed by atoms with Gasteiger partial charge in [-0.05, 0) is 26.2 Å². The van der Waals surface area contributed by atoms with Crippen LogP contribution in [0.5, 0.6) is 0 Å². The standard InChI is InChI=1S/C12H20N4O2/c1-3-16-10(13)9(12(17)18-2)11(14-16)15-7-5-4-6-8-15/h3-8,13H2,1-2H3. The van der Waals surface area contributed by atoms with E-state index in [1.165, 1.54) is 13.5 Å². The number of nitrogen functional groups attached to an aromatic ring is 1. The van der Waals surface area contributed by atoms with Gasteiger partial charge in [-0.25, -0.2) is 9.48 Å². The third-order valence-electron chi connectivity index (χ3n) is 3.32. The molecular weight excluding hydrogens is 232 g/mol. The number of nitrogens with two attached hydrogens (primary N) is 1. The molecule has 18 heavy (non-hydrogen) atoms. The zero-order chi connectivity index (χ0) is 13.1. The molecule has 0 amide bonds. The number of ether oxygens (including phenoxy) is 1. The number of piperidine rings is 1. The summed E-state index contributed by atoms with van der Waals surface area (Å²) in [7, 11) is 1.37. The Hall–Kier alpha value is -1.72. The molecule has 1 aliphatic rings. The lowest BCUT2D eigenvalue weighted by molar-refractivity contribution is 0.0602. The highest BCUT2D eigenvalue weighted by molar-refractivity contribution is 5.99. The Morgan fingerprint density at radius 3 is 2.61 bits per heavy atom. The normalized spacial score (nSPS) is 15.8. The van der Waals surface area contributed by atoms with Gasteiger partial charge in [0.05, 0.1) is 7.11 Å². The topological polar surface area (TPSA) is 73.4 Å². The first-order chi connectivity index (χ1) is 8.69. The zero-order valence-corrected chi connectivity index (χ0v) is 11.0. The Morgan fingerprint density at radius 1 is 1.39 bits per heavy atom. The zero-order valence-electron chi connectivity index (χ0n) is 11.0. The van der Waals surface area contributed by atoms with Gasteiger partial charge in [-0.15, -0.1) is 0 Å². The fraction of sp³-hybridized carbons (Fsp3) is 0.667. The van der Waals surface area contributed by atoms with Crippen molar-refractivity contribution in [1.29, 1.82) is 0 Å². The Kier molecular flexibility index (Phi) is 3.74. The molecule has 2 N–H and O–H groups in total. The molecule has 6 heteroatoms. The molecule has 1 aromatic heterocycles. The number of carbonyl (C=O) groups is 1. The van der Waals surface area contributed by atoms with E-state index in [1.54, 1.807) is 4.68 Å². The van der Waals surface area contributed by atoms with Crippen molar-refractivity contribution in [3.8, 4) is 0 Å². The predicted octanol–water partition coefficient (Wildman–Crippen LogP) is 1.26. The molecule has 2 heterocycles. The molecule has 1 aromatic rings. The van der Waals surface area contributed by atoms with Crippen molar-refractivity contribution in [2.75, 3.05) is 30.8 Å². The molecule has 0 bridgehead atoms. The summed E-state index contributed by atoms with van der Waals surface area (Å²) in [5.41, 5.74) is 6.37. The highest BCUT2D eigenvalue weighted by atomic mass is 16.5. The molecule has 100 valence electrons. The largest absolute Gasteiger partial charge is 0.465 e. The number of aryl methyl sites for hydroxylation is 1. The van der Waals surface area contributed by atoms with E-state index >= 15 is 0 Å². The van der Waals surface area contributed by atoms with Crippen LogP contribution in [-0.4, -0.2) is 35.9 Å². The minimum absolute atomic E-state index is 0.393. The summed E-state index contributed by atoms with van der Waals surface area (Å²) in [4.78, 5) is 14.0. The number of esters is 1. The molecule has 0 saturated carbocycles. The van der Waals surface area contributed by atoms with Crippen molar-refractivity contribution in [2.24, 2.45) is 0 Å². The number of hydrogen-bond donors (Lipinski definition) is 1. The molecule has 0 unspecified atom stereocenters. The van der Waals surface area contributed by atoms with Crippen LogP contribution >= 0.6 is 0 Å². The van der Waals surface area contributed by atoms with E-state index in [2.05, 4.69) is 10.00 Å². The molecular formula is C12H20N4O2. The van der Waals surface area contributed by atoms with Crippen molar-refractivity contribution in [3.63, 3.8) is 0 Å². The van der Waals surface area contributed by atoms with Crippen LogP contribution in [0.25, 0.3) is 0 Å². The molecule has 0 radical (unpaired) electrons. The van der Waals surface area contributed by atoms with E-state index in [1.807, 2.05) is 6.92 Å². The van der Waals surface area contributed by atoms with Gasteiger partial charge in [-0.2, -0.15) is 5.10 Å². The number of methoxy groups -OCH3 is 1.